The summed E-state index contributed by atoms with van der Waals surface area (Å²) in [7, 11) is 1.43. The molecule has 0 aliphatic rings. The Morgan fingerprint density at radius 3 is 1.48 bits per heavy atom. The molecule has 0 saturated heterocycles. The van der Waals surface area contributed by atoms with Crippen molar-refractivity contribution in [3.8, 4) is 0 Å². The van der Waals surface area contributed by atoms with Crippen LogP contribution in [0.3, 0.4) is 0 Å². The number of hydrogen-bond donors (Lipinski definition) is 1. The third kappa shape index (κ3) is 41.1. The van der Waals surface area contributed by atoms with Crippen molar-refractivity contribution in [1.82, 2.24) is 0 Å². The largest absolute Gasteiger partial charge is 0.472 e. The topological polar surface area (TPSA) is 108 Å². The lowest BCUT2D eigenvalue weighted by atomic mass is 10.1. The van der Waals surface area contributed by atoms with Crippen LogP contribution in [-0.4, -0.2) is 74.9 Å². The number of phosphoric acid groups is 1. The van der Waals surface area contributed by atoms with E-state index in [0.717, 1.165) is 64.2 Å². The maximum absolute atomic E-state index is 12.7. The maximum Gasteiger partial charge on any atom is 0.472 e. The highest BCUT2D eigenvalue weighted by atomic mass is 31.2. The number of hydrogen-bond acceptors (Lipinski definition) is 7. The number of likely N-dealkylation sites (N-methyl/N-ethyl adjacent to an activating group) is 1. The molecule has 0 aromatic heterocycles. The van der Waals surface area contributed by atoms with Crippen LogP contribution < -0.4 is 0 Å². The van der Waals surface area contributed by atoms with Crippen LogP contribution in [0.15, 0.2) is 72.9 Å². The second-order valence-corrected chi connectivity index (χ2v) is 16.8. The number of carbonyl (C=O) groups is 2. The van der Waals surface area contributed by atoms with E-state index in [-0.39, 0.29) is 26.1 Å². The lowest BCUT2D eigenvalue weighted by molar-refractivity contribution is -0.870. The van der Waals surface area contributed by atoms with Gasteiger partial charge >= 0.3 is 19.8 Å². The first-order valence-corrected chi connectivity index (χ1v) is 23.2. The molecular weight excluding hydrogens is 725 g/mol. The van der Waals surface area contributed by atoms with Crippen LogP contribution in [0.4, 0.5) is 0 Å². The van der Waals surface area contributed by atoms with Crippen LogP contribution in [0.1, 0.15) is 155 Å². The van der Waals surface area contributed by atoms with Gasteiger partial charge in [-0.3, -0.25) is 18.6 Å². The van der Waals surface area contributed by atoms with Gasteiger partial charge in [0.05, 0.1) is 27.7 Å². The lowest BCUT2D eigenvalue weighted by Crippen LogP contribution is -2.37. The molecule has 9 nitrogen and oxygen atoms in total. The predicted octanol–water partition coefficient (Wildman–Crippen LogP) is 12.2. The molecule has 0 bridgehead atoms. The number of phosphoric ester groups is 1. The minimum absolute atomic E-state index is 0.0168. The summed E-state index contributed by atoms with van der Waals surface area (Å²) in [5, 5.41) is 0. The molecule has 1 N–H and O–H groups in total. The van der Waals surface area contributed by atoms with E-state index in [0.29, 0.717) is 23.9 Å². The molecule has 2 atom stereocenters. The van der Waals surface area contributed by atoms with Crippen molar-refractivity contribution in [2.75, 3.05) is 47.5 Å². The van der Waals surface area contributed by atoms with Crippen molar-refractivity contribution >= 4 is 19.8 Å². The van der Waals surface area contributed by atoms with Gasteiger partial charge in [0.25, 0.3) is 0 Å². The van der Waals surface area contributed by atoms with E-state index >= 15 is 0 Å². The quantitative estimate of drug-likeness (QED) is 0.0216. The zero-order valence-electron chi connectivity index (χ0n) is 36.1. The van der Waals surface area contributed by atoms with Crippen molar-refractivity contribution in [3.63, 3.8) is 0 Å². The zero-order chi connectivity index (χ0) is 41.4. The maximum atomic E-state index is 12.7. The van der Waals surface area contributed by atoms with Crippen LogP contribution in [0, 0.1) is 0 Å². The first-order chi connectivity index (χ1) is 27.0. The molecular formula is C46H81NO8P+. The number of esters is 2. The Kier molecular flexibility index (Phi) is 36.3. The van der Waals surface area contributed by atoms with E-state index < -0.39 is 32.5 Å². The Bertz CT molecular complexity index is 1180. The number of quaternary nitrogens is 1. The van der Waals surface area contributed by atoms with Gasteiger partial charge in [-0.2, -0.15) is 0 Å². The minimum atomic E-state index is -4.39. The van der Waals surface area contributed by atoms with E-state index in [1.54, 1.807) is 0 Å². The van der Waals surface area contributed by atoms with Gasteiger partial charge in [-0.25, -0.2) is 4.57 Å². The third-order valence-corrected chi connectivity index (χ3v) is 9.69. The summed E-state index contributed by atoms with van der Waals surface area (Å²) in [6.07, 6.45) is 46.7. The summed E-state index contributed by atoms with van der Waals surface area (Å²) in [6, 6.07) is 0. The number of rotatable bonds is 38. The standard InChI is InChI=1S/C46H80NO8P/c1-6-8-10-12-14-16-18-20-22-23-25-26-28-30-32-34-36-38-45(48)52-42-44(43-54-56(50,51)53-41-40-47(3,4)5)55-46(49)39-37-35-33-31-29-27-24-21-19-17-15-13-11-9-7-2/h14-17,20-22,24-26,30,32,44H,6-13,18-19,23,27-29,31,33-43H2,1-5H3/p+1/b16-14+,17-15+,22-20+,24-21+,26-25+,32-30+/t44-/m1/s1. The van der Waals surface area contributed by atoms with E-state index in [9.17, 15) is 19.0 Å². The highest BCUT2D eigenvalue weighted by Crippen LogP contribution is 2.43. The minimum Gasteiger partial charge on any atom is -0.462 e. The summed E-state index contributed by atoms with van der Waals surface area (Å²) >= 11 is 0. The Balaban J connectivity index is 4.51. The smallest absolute Gasteiger partial charge is 0.462 e. The Morgan fingerprint density at radius 2 is 0.982 bits per heavy atom. The number of carbonyl (C=O) groups excluding carboxylic acids is 2. The summed E-state index contributed by atoms with van der Waals surface area (Å²) in [5.74, 6) is -0.887. The van der Waals surface area contributed by atoms with Gasteiger partial charge in [0, 0.05) is 12.8 Å². The highest BCUT2D eigenvalue weighted by molar-refractivity contribution is 7.47. The molecule has 0 heterocycles. The molecule has 0 rings (SSSR count). The van der Waals surface area contributed by atoms with Gasteiger partial charge in [-0.05, 0) is 83.5 Å². The monoisotopic (exact) mass is 807 g/mol. The number of unbranched alkanes of at least 4 members (excludes halogenated alkanes) is 12. The molecule has 0 radical (unpaired) electrons. The van der Waals surface area contributed by atoms with Crippen molar-refractivity contribution in [2.45, 2.75) is 161 Å². The van der Waals surface area contributed by atoms with E-state index in [2.05, 4.69) is 86.8 Å². The molecule has 0 amide bonds. The molecule has 10 heteroatoms. The van der Waals surface area contributed by atoms with Gasteiger partial charge in [0.1, 0.15) is 19.8 Å². The molecule has 322 valence electrons. The molecule has 0 aliphatic heterocycles. The van der Waals surface area contributed by atoms with Crippen molar-refractivity contribution in [2.24, 2.45) is 0 Å². The number of allylic oxidation sites excluding steroid dienone is 12. The molecule has 1 unspecified atom stereocenters. The number of ether oxygens (including phenoxy) is 2. The Labute approximate surface area is 342 Å². The van der Waals surface area contributed by atoms with Gasteiger partial charge in [-0.1, -0.05) is 132 Å². The van der Waals surface area contributed by atoms with Gasteiger partial charge in [0.15, 0.2) is 6.10 Å². The summed E-state index contributed by atoms with van der Waals surface area (Å²) in [4.78, 5) is 35.3. The lowest BCUT2D eigenvalue weighted by Gasteiger charge is -2.24. The third-order valence-electron chi connectivity index (χ3n) is 8.71. The number of nitrogens with zero attached hydrogens (tertiary/aromatic N) is 1. The average molecular weight is 807 g/mol. The van der Waals surface area contributed by atoms with Crippen molar-refractivity contribution in [1.29, 1.82) is 0 Å². The first kappa shape index (κ1) is 53.5. The van der Waals surface area contributed by atoms with Crippen LogP contribution in [0.2, 0.25) is 0 Å². The normalized spacial score (nSPS) is 14.3. The van der Waals surface area contributed by atoms with Gasteiger partial charge in [-0.15, -0.1) is 0 Å². The molecule has 0 aromatic rings. The summed E-state index contributed by atoms with van der Waals surface area (Å²) < 4.78 is 34.2. The fraction of sp³-hybridized carbons (Fsp3) is 0.696. The SMILES string of the molecule is CCCCC/C=C/C/C=C/C/C=C/C/C=C/CCCC(=O)OC[C@H](COP(=O)(O)OCC[N+](C)(C)C)OC(=O)CCCCCCC/C=C/C/C=C/CCCCC. The molecule has 56 heavy (non-hydrogen) atoms. The molecule has 0 aliphatic carbocycles. The molecule has 0 saturated carbocycles. The molecule has 0 spiro atoms. The average Bonchev–Trinajstić information content (AvgIpc) is 3.15. The second kappa shape index (κ2) is 38.0. The summed E-state index contributed by atoms with van der Waals surface area (Å²) in [6.45, 7) is 4.26. The fourth-order valence-corrected chi connectivity index (χ4v) is 6.01. The van der Waals surface area contributed by atoms with Crippen LogP contribution in [-0.2, 0) is 32.7 Å². The highest BCUT2D eigenvalue weighted by Gasteiger charge is 2.27. The zero-order valence-corrected chi connectivity index (χ0v) is 37.0. The second-order valence-electron chi connectivity index (χ2n) is 15.4. The fourth-order valence-electron chi connectivity index (χ4n) is 5.27. The van der Waals surface area contributed by atoms with Crippen molar-refractivity contribution in [3.05, 3.63) is 72.9 Å². The van der Waals surface area contributed by atoms with Crippen LogP contribution >= 0.6 is 7.82 Å². The first-order valence-electron chi connectivity index (χ1n) is 21.7. The van der Waals surface area contributed by atoms with E-state index in [4.69, 9.17) is 18.5 Å². The van der Waals surface area contributed by atoms with E-state index in [1.165, 1.54) is 51.4 Å². The Morgan fingerprint density at radius 1 is 0.554 bits per heavy atom. The molecule has 0 aromatic carbocycles. The van der Waals surface area contributed by atoms with E-state index in [1.807, 2.05) is 21.1 Å². The Hall–Kier alpha value is -2.55. The van der Waals surface area contributed by atoms with Crippen molar-refractivity contribution < 1.29 is 42.1 Å². The van der Waals surface area contributed by atoms with Gasteiger partial charge in [0.2, 0.25) is 0 Å². The van der Waals surface area contributed by atoms with Crippen LogP contribution in [0.25, 0.3) is 0 Å². The van der Waals surface area contributed by atoms with Gasteiger partial charge < -0.3 is 18.9 Å². The predicted molar refractivity (Wildman–Crippen MR) is 233 cm³/mol. The molecule has 0 fully saturated rings. The van der Waals surface area contributed by atoms with Crippen LogP contribution in [0.5, 0.6) is 0 Å². The summed E-state index contributed by atoms with van der Waals surface area (Å²) in [5.41, 5.74) is 0.